The van der Waals surface area contributed by atoms with Crippen molar-refractivity contribution in [3.05, 3.63) is 72.2 Å². The first-order valence-electron chi connectivity index (χ1n) is 13.8. The number of nitrogens with zero attached hydrogens (tertiary/aromatic N) is 6. The number of aryl methyl sites for hydroxylation is 1. The molecule has 208 valence electrons. The fourth-order valence-electron chi connectivity index (χ4n) is 5.15. The van der Waals surface area contributed by atoms with E-state index in [-0.39, 0.29) is 11.9 Å². The average molecular weight is 540 g/mol. The van der Waals surface area contributed by atoms with Crippen LogP contribution in [0.1, 0.15) is 47.6 Å². The van der Waals surface area contributed by atoms with E-state index in [9.17, 15) is 4.79 Å². The van der Waals surface area contributed by atoms with E-state index in [0.717, 1.165) is 66.6 Å². The maximum atomic E-state index is 12.8. The predicted molar refractivity (Wildman–Crippen MR) is 159 cm³/mol. The summed E-state index contributed by atoms with van der Waals surface area (Å²) in [6.07, 6.45) is 11.7. The molecule has 10 heteroatoms. The van der Waals surface area contributed by atoms with Crippen LogP contribution in [0.2, 0.25) is 0 Å². The van der Waals surface area contributed by atoms with E-state index in [4.69, 9.17) is 10.8 Å². The van der Waals surface area contributed by atoms with E-state index in [0.29, 0.717) is 23.2 Å². The molecule has 5 rings (SSSR count). The maximum Gasteiger partial charge on any atom is 0.256 e. The molecule has 0 atom stereocenters. The van der Waals surface area contributed by atoms with Crippen LogP contribution >= 0.6 is 0 Å². The Kier molecular flexibility index (Phi) is 8.47. The van der Waals surface area contributed by atoms with Gasteiger partial charge < -0.3 is 21.3 Å². The second kappa shape index (κ2) is 12.4. The molecule has 1 fully saturated rings. The van der Waals surface area contributed by atoms with Gasteiger partial charge in [-0.3, -0.25) is 4.79 Å². The maximum absolute atomic E-state index is 12.8. The highest BCUT2D eigenvalue weighted by atomic mass is 16.1. The molecule has 1 aliphatic carbocycles. The van der Waals surface area contributed by atoms with E-state index in [1.165, 1.54) is 6.33 Å². The second-order valence-electron chi connectivity index (χ2n) is 10.6. The smallest absolute Gasteiger partial charge is 0.256 e. The van der Waals surface area contributed by atoms with E-state index in [1.54, 1.807) is 18.3 Å². The minimum absolute atomic E-state index is 0.221. The third-order valence-electron chi connectivity index (χ3n) is 7.30. The van der Waals surface area contributed by atoms with Crippen LogP contribution in [-0.2, 0) is 0 Å². The van der Waals surface area contributed by atoms with Crippen LogP contribution in [0, 0.1) is 6.92 Å². The van der Waals surface area contributed by atoms with Crippen LogP contribution in [0.5, 0.6) is 0 Å². The number of hydrogen-bond donors (Lipinski definition) is 3. The van der Waals surface area contributed by atoms with Gasteiger partial charge >= 0.3 is 0 Å². The Bertz CT molecular complexity index is 1490. The summed E-state index contributed by atoms with van der Waals surface area (Å²) in [4.78, 5) is 28.0. The van der Waals surface area contributed by atoms with Gasteiger partial charge in [0.15, 0.2) is 5.65 Å². The molecule has 40 heavy (non-hydrogen) atoms. The lowest BCUT2D eigenvalue weighted by atomic mass is 9.91. The Labute approximate surface area is 234 Å². The molecule has 0 unspecified atom stereocenters. The number of carbonyl (C=O) groups is 1. The summed E-state index contributed by atoms with van der Waals surface area (Å²) in [5.74, 6) is 0.703. The normalized spacial score (nSPS) is 17.6. The minimum Gasteiger partial charge on any atom is -0.383 e. The van der Waals surface area contributed by atoms with Crippen molar-refractivity contribution >= 4 is 28.6 Å². The number of pyridine rings is 1. The summed E-state index contributed by atoms with van der Waals surface area (Å²) in [5.41, 5.74) is 10.2. The highest BCUT2D eigenvalue weighted by Crippen LogP contribution is 2.36. The second-order valence-corrected chi connectivity index (χ2v) is 10.6. The van der Waals surface area contributed by atoms with Crippen molar-refractivity contribution in [2.75, 3.05) is 38.2 Å². The molecule has 10 nitrogen and oxygen atoms in total. The third-order valence-corrected chi connectivity index (χ3v) is 7.30. The van der Waals surface area contributed by atoms with Crippen LogP contribution in [0.3, 0.4) is 0 Å². The first kappa shape index (κ1) is 27.4. The van der Waals surface area contributed by atoms with Crippen LogP contribution < -0.4 is 16.4 Å². The van der Waals surface area contributed by atoms with Gasteiger partial charge in [-0.15, -0.1) is 0 Å². The molecular weight excluding hydrogens is 502 g/mol. The van der Waals surface area contributed by atoms with Crippen LogP contribution in [0.25, 0.3) is 22.3 Å². The summed E-state index contributed by atoms with van der Waals surface area (Å²) in [6.45, 7) is 3.80. The number of anilines is 2. The summed E-state index contributed by atoms with van der Waals surface area (Å²) in [6, 6.07) is 11.8. The molecule has 3 heterocycles. The largest absolute Gasteiger partial charge is 0.383 e. The number of nitrogens with two attached hydrogens (primary N) is 1. The number of fused-ring (bicyclic) bond motifs is 1. The molecule has 0 saturated heterocycles. The highest BCUT2D eigenvalue weighted by molar-refractivity contribution is 6.04. The molecule has 0 aliphatic heterocycles. The monoisotopic (exact) mass is 539 g/mol. The van der Waals surface area contributed by atoms with E-state index < -0.39 is 0 Å². The first-order valence-corrected chi connectivity index (χ1v) is 13.8. The fraction of sp³-hybridized carbons (Fsp3) is 0.367. The zero-order chi connectivity index (χ0) is 28.1. The standard InChI is InChI=1S/C30H37N9O/c1-20-14-16-33-25(18-20)36-30(40)22-8-6-21(7-9-22)27-26-28(31)34-19-35-29(26)39(37-27)24-12-10-23(11-13-24)32-15-4-5-17-38(2)3/h4-9,14,16,18-19,23-24,32H,10-13,15,17H2,1-3H3,(H2,31,34,35)(H,33,36,40)/b5-4+. The number of benzene rings is 1. The number of nitrogen functional groups attached to an aromatic ring is 1. The number of hydrogen-bond acceptors (Lipinski definition) is 8. The quantitative estimate of drug-likeness (QED) is 0.270. The Morgan fingerprint density at radius 3 is 2.58 bits per heavy atom. The molecule has 4 N–H and O–H groups in total. The van der Waals surface area contributed by atoms with Crippen LogP contribution in [-0.4, -0.2) is 68.8 Å². The molecular formula is C30H37N9O. The van der Waals surface area contributed by atoms with E-state index in [2.05, 4.69) is 56.7 Å². The van der Waals surface area contributed by atoms with Crippen molar-refractivity contribution in [2.45, 2.75) is 44.7 Å². The van der Waals surface area contributed by atoms with Gasteiger partial charge in [-0.2, -0.15) is 5.10 Å². The lowest BCUT2D eigenvalue weighted by molar-refractivity contribution is 0.102. The number of likely N-dealkylation sites (N-methyl/N-ethyl adjacent to an activating group) is 1. The molecule has 1 aromatic carbocycles. The molecule has 3 aromatic heterocycles. The molecule has 0 radical (unpaired) electrons. The van der Waals surface area contributed by atoms with Crippen LogP contribution in [0.15, 0.2) is 61.1 Å². The lowest BCUT2D eigenvalue weighted by Gasteiger charge is -2.29. The molecule has 1 saturated carbocycles. The van der Waals surface area contributed by atoms with Crippen molar-refractivity contribution in [2.24, 2.45) is 0 Å². The number of carbonyl (C=O) groups excluding carboxylic acids is 1. The van der Waals surface area contributed by atoms with Gasteiger partial charge in [-0.05, 0) is 76.5 Å². The molecule has 0 bridgehead atoms. The number of rotatable bonds is 9. The van der Waals surface area contributed by atoms with E-state index in [1.807, 2.05) is 35.9 Å². The topological polar surface area (TPSA) is 127 Å². The van der Waals surface area contributed by atoms with Crippen molar-refractivity contribution in [1.29, 1.82) is 0 Å². The van der Waals surface area contributed by atoms with Crippen molar-refractivity contribution in [3.63, 3.8) is 0 Å². The Morgan fingerprint density at radius 1 is 1.07 bits per heavy atom. The summed E-state index contributed by atoms with van der Waals surface area (Å²) >= 11 is 0. The third kappa shape index (κ3) is 6.35. The van der Waals surface area contributed by atoms with E-state index >= 15 is 0 Å². The Morgan fingerprint density at radius 2 is 1.85 bits per heavy atom. The predicted octanol–water partition coefficient (Wildman–Crippen LogP) is 4.22. The zero-order valence-corrected chi connectivity index (χ0v) is 23.3. The van der Waals surface area contributed by atoms with Gasteiger partial charge in [0, 0.05) is 36.5 Å². The first-order chi connectivity index (χ1) is 19.4. The van der Waals surface area contributed by atoms with Gasteiger partial charge in [0.25, 0.3) is 5.91 Å². The van der Waals surface area contributed by atoms with Gasteiger partial charge in [-0.1, -0.05) is 24.3 Å². The fourth-order valence-corrected chi connectivity index (χ4v) is 5.15. The van der Waals surface area contributed by atoms with Gasteiger partial charge in [0.2, 0.25) is 0 Å². The molecule has 1 aliphatic rings. The minimum atomic E-state index is -0.221. The van der Waals surface area contributed by atoms with Gasteiger partial charge in [0.05, 0.1) is 11.4 Å². The molecule has 4 aromatic rings. The van der Waals surface area contributed by atoms with Gasteiger partial charge in [0.1, 0.15) is 23.7 Å². The average Bonchev–Trinajstić information content (AvgIpc) is 3.34. The summed E-state index contributed by atoms with van der Waals surface area (Å²) in [5, 5.41) is 12.3. The van der Waals surface area contributed by atoms with Crippen molar-refractivity contribution in [3.8, 4) is 11.3 Å². The lowest BCUT2D eigenvalue weighted by Crippen LogP contribution is -2.34. The number of nitrogens with one attached hydrogen (secondary N) is 2. The SMILES string of the molecule is Cc1ccnc(NC(=O)c2ccc(-c3nn(C4CCC(NC/C=C/CN(C)C)CC4)c4ncnc(N)c34)cc2)c1. The highest BCUT2D eigenvalue weighted by Gasteiger charge is 2.26. The Hall–Kier alpha value is -4.15. The molecule has 0 spiro atoms. The van der Waals surface area contributed by atoms with Gasteiger partial charge in [-0.25, -0.2) is 19.6 Å². The number of amides is 1. The number of aromatic nitrogens is 5. The molecule has 1 amide bonds. The summed E-state index contributed by atoms with van der Waals surface area (Å²) < 4.78 is 2.03. The van der Waals surface area contributed by atoms with Crippen molar-refractivity contribution in [1.82, 2.24) is 34.9 Å². The summed E-state index contributed by atoms with van der Waals surface area (Å²) in [7, 11) is 4.14. The zero-order valence-electron chi connectivity index (χ0n) is 23.3. The van der Waals surface area contributed by atoms with Crippen molar-refractivity contribution < 1.29 is 4.79 Å². The Balaban J connectivity index is 1.30. The van der Waals surface area contributed by atoms with Crippen LogP contribution in [0.4, 0.5) is 11.6 Å².